The first-order valence-corrected chi connectivity index (χ1v) is 6.64. The molecule has 0 saturated carbocycles. The van der Waals surface area contributed by atoms with Crippen LogP contribution in [0.3, 0.4) is 0 Å². The summed E-state index contributed by atoms with van der Waals surface area (Å²) in [6, 6.07) is -0.257. The van der Waals surface area contributed by atoms with Crippen LogP contribution in [0.2, 0.25) is 0 Å². The molecule has 0 aliphatic carbocycles. The van der Waals surface area contributed by atoms with E-state index in [2.05, 4.69) is 17.2 Å². The van der Waals surface area contributed by atoms with E-state index in [0.29, 0.717) is 6.54 Å². The van der Waals surface area contributed by atoms with Crippen molar-refractivity contribution in [2.75, 3.05) is 7.11 Å². The zero-order chi connectivity index (χ0) is 12.8. The number of methoxy groups -OCH3 is 1. The van der Waals surface area contributed by atoms with Gasteiger partial charge in [0.1, 0.15) is 6.04 Å². The van der Waals surface area contributed by atoms with E-state index in [1.807, 2.05) is 20.0 Å². The van der Waals surface area contributed by atoms with Crippen LogP contribution >= 0.6 is 11.3 Å². The third-order valence-corrected chi connectivity index (χ3v) is 3.66. The molecule has 0 aliphatic heterocycles. The zero-order valence-electron chi connectivity index (χ0n) is 10.8. The van der Waals surface area contributed by atoms with Crippen molar-refractivity contribution in [1.82, 2.24) is 10.3 Å². The second-order valence-corrected chi connectivity index (χ2v) is 5.40. The van der Waals surface area contributed by atoms with Crippen molar-refractivity contribution in [3.63, 3.8) is 0 Å². The first-order chi connectivity index (χ1) is 8.08. The third-order valence-electron chi connectivity index (χ3n) is 2.52. The molecule has 0 bridgehead atoms. The minimum Gasteiger partial charge on any atom is -0.468 e. The van der Waals surface area contributed by atoms with Gasteiger partial charge in [0.2, 0.25) is 0 Å². The fraction of sp³-hybridized carbons (Fsp3) is 0.667. The van der Waals surface area contributed by atoms with E-state index in [4.69, 9.17) is 4.74 Å². The fourth-order valence-electron chi connectivity index (χ4n) is 1.52. The first kappa shape index (κ1) is 14.1. The number of ether oxygens (including phenoxy) is 1. The predicted molar refractivity (Wildman–Crippen MR) is 69.0 cm³/mol. The van der Waals surface area contributed by atoms with E-state index in [1.54, 1.807) is 11.3 Å². The van der Waals surface area contributed by atoms with Crippen LogP contribution in [0.15, 0.2) is 6.20 Å². The van der Waals surface area contributed by atoms with Crippen molar-refractivity contribution in [3.8, 4) is 0 Å². The highest BCUT2D eigenvalue weighted by Gasteiger charge is 2.22. The molecule has 0 aliphatic rings. The molecule has 1 aromatic rings. The Morgan fingerprint density at radius 3 is 2.76 bits per heavy atom. The normalized spacial score (nSPS) is 12.8. The van der Waals surface area contributed by atoms with Crippen LogP contribution in [0.25, 0.3) is 0 Å². The molecule has 5 heteroatoms. The monoisotopic (exact) mass is 256 g/mol. The Hall–Kier alpha value is -0.940. The van der Waals surface area contributed by atoms with E-state index >= 15 is 0 Å². The number of thiazole rings is 1. The lowest BCUT2D eigenvalue weighted by molar-refractivity contribution is -0.144. The maximum atomic E-state index is 11.5. The van der Waals surface area contributed by atoms with Crippen molar-refractivity contribution in [2.45, 2.75) is 39.8 Å². The summed E-state index contributed by atoms with van der Waals surface area (Å²) < 4.78 is 4.77. The Kier molecular flexibility index (Phi) is 5.58. The molecule has 0 spiro atoms. The number of aryl methyl sites for hydroxylation is 1. The predicted octanol–water partition coefficient (Wildman–Crippen LogP) is 1.99. The molecule has 0 radical (unpaired) electrons. The van der Waals surface area contributed by atoms with Gasteiger partial charge in [-0.25, -0.2) is 4.98 Å². The van der Waals surface area contributed by atoms with Crippen molar-refractivity contribution >= 4 is 17.3 Å². The lowest BCUT2D eigenvalue weighted by Crippen LogP contribution is -2.41. The SMILES string of the molecule is CCc1ncc(CNC(C(=O)OC)C(C)C)s1. The van der Waals surface area contributed by atoms with Gasteiger partial charge in [0, 0.05) is 17.6 Å². The van der Waals surface area contributed by atoms with Gasteiger partial charge in [-0.1, -0.05) is 20.8 Å². The molecular formula is C12H20N2O2S. The van der Waals surface area contributed by atoms with Crippen LogP contribution in [0, 0.1) is 5.92 Å². The Labute approximate surface area is 106 Å². The number of carbonyl (C=O) groups excluding carboxylic acids is 1. The molecule has 0 fully saturated rings. The summed E-state index contributed by atoms with van der Waals surface area (Å²) in [6.45, 7) is 6.74. The van der Waals surface area contributed by atoms with Crippen LogP contribution in [0.5, 0.6) is 0 Å². The summed E-state index contributed by atoms with van der Waals surface area (Å²) >= 11 is 1.68. The Bertz CT molecular complexity index is 363. The molecular weight excluding hydrogens is 236 g/mol. The van der Waals surface area contributed by atoms with Crippen molar-refractivity contribution in [1.29, 1.82) is 0 Å². The first-order valence-electron chi connectivity index (χ1n) is 5.83. The molecule has 1 unspecified atom stereocenters. The lowest BCUT2D eigenvalue weighted by atomic mass is 10.0. The van der Waals surface area contributed by atoms with E-state index in [1.165, 1.54) is 7.11 Å². The number of rotatable bonds is 6. The number of nitrogens with one attached hydrogen (secondary N) is 1. The van der Waals surface area contributed by atoms with Gasteiger partial charge in [-0.15, -0.1) is 11.3 Å². The van der Waals surface area contributed by atoms with E-state index in [-0.39, 0.29) is 17.9 Å². The Morgan fingerprint density at radius 2 is 2.29 bits per heavy atom. The van der Waals surface area contributed by atoms with E-state index in [0.717, 1.165) is 16.3 Å². The van der Waals surface area contributed by atoms with Gasteiger partial charge in [0.25, 0.3) is 0 Å². The lowest BCUT2D eigenvalue weighted by Gasteiger charge is -2.19. The van der Waals surface area contributed by atoms with Gasteiger partial charge in [0.15, 0.2) is 0 Å². The summed E-state index contributed by atoms with van der Waals surface area (Å²) in [6.07, 6.45) is 2.82. The number of esters is 1. The Balaban J connectivity index is 2.54. The molecule has 1 N–H and O–H groups in total. The molecule has 1 atom stereocenters. The molecule has 96 valence electrons. The largest absolute Gasteiger partial charge is 0.468 e. The standard InChI is InChI=1S/C12H20N2O2S/c1-5-10-13-6-9(17-10)7-14-11(8(2)3)12(15)16-4/h6,8,11,14H,5,7H2,1-4H3. The summed E-state index contributed by atoms with van der Waals surface area (Å²) in [4.78, 5) is 17.0. The van der Waals surface area contributed by atoms with E-state index < -0.39 is 0 Å². The highest BCUT2D eigenvalue weighted by atomic mass is 32.1. The second-order valence-electron chi connectivity index (χ2n) is 4.20. The maximum Gasteiger partial charge on any atom is 0.323 e. The number of hydrogen-bond acceptors (Lipinski definition) is 5. The zero-order valence-corrected chi connectivity index (χ0v) is 11.6. The third kappa shape index (κ3) is 4.09. The van der Waals surface area contributed by atoms with Gasteiger partial charge >= 0.3 is 5.97 Å². The fourth-order valence-corrected chi connectivity index (χ4v) is 2.34. The van der Waals surface area contributed by atoms with Gasteiger partial charge in [-0.3, -0.25) is 10.1 Å². The summed E-state index contributed by atoms with van der Waals surface area (Å²) in [5, 5.41) is 4.35. The number of carbonyl (C=O) groups is 1. The molecule has 1 heterocycles. The van der Waals surface area contributed by atoms with E-state index in [9.17, 15) is 4.79 Å². The Morgan fingerprint density at radius 1 is 1.59 bits per heavy atom. The van der Waals surface area contributed by atoms with Crippen molar-refractivity contribution < 1.29 is 9.53 Å². The quantitative estimate of drug-likeness (QED) is 0.791. The van der Waals surface area contributed by atoms with Crippen LogP contribution in [0.1, 0.15) is 30.7 Å². The minimum atomic E-state index is -0.257. The smallest absolute Gasteiger partial charge is 0.323 e. The molecule has 0 saturated heterocycles. The van der Waals surface area contributed by atoms with Gasteiger partial charge < -0.3 is 4.74 Å². The maximum absolute atomic E-state index is 11.5. The summed E-state index contributed by atoms with van der Waals surface area (Å²) in [7, 11) is 1.42. The average Bonchev–Trinajstić information content (AvgIpc) is 2.76. The summed E-state index contributed by atoms with van der Waals surface area (Å²) in [5.74, 6) is 0.00115. The molecule has 17 heavy (non-hydrogen) atoms. The van der Waals surface area contributed by atoms with Crippen LogP contribution in [0.4, 0.5) is 0 Å². The van der Waals surface area contributed by atoms with Crippen LogP contribution in [-0.2, 0) is 22.5 Å². The topological polar surface area (TPSA) is 51.2 Å². The van der Waals surface area contributed by atoms with Crippen molar-refractivity contribution in [2.24, 2.45) is 5.92 Å². The second kappa shape index (κ2) is 6.71. The summed E-state index contributed by atoms with van der Waals surface area (Å²) in [5.41, 5.74) is 0. The minimum absolute atomic E-state index is 0.208. The number of hydrogen-bond donors (Lipinski definition) is 1. The van der Waals surface area contributed by atoms with Crippen LogP contribution in [-0.4, -0.2) is 24.1 Å². The molecule has 4 nitrogen and oxygen atoms in total. The molecule has 0 amide bonds. The van der Waals surface area contributed by atoms with Crippen molar-refractivity contribution in [3.05, 3.63) is 16.1 Å². The molecule has 1 rings (SSSR count). The highest BCUT2D eigenvalue weighted by molar-refractivity contribution is 7.11. The molecule has 0 aromatic carbocycles. The number of nitrogens with zero attached hydrogens (tertiary/aromatic N) is 1. The molecule has 1 aromatic heterocycles. The van der Waals surface area contributed by atoms with Gasteiger partial charge in [-0.05, 0) is 12.3 Å². The average molecular weight is 256 g/mol. The van der Waals surface area contributed by atoms with Gasteiger partial charge in [-0.2, -0.15) is 0 Å². The van der Waals surface area contributed by atoms with Gasteiger partial charge in [0.05, 0.1) is 12.1 Å². The number of aromatic nitrogens is 1. The van der Waals surface area contributed by atoms with Crippen LogP contribution < -0.4 is 5.32 Å². The highest BCUT2D eigenvalue weighted by Crippen LogP contribution is 2.14.